The second kappa shape index (κ2) is 4.24. The van der Waals surface area contributed by atoms with Crippen LogP contribution in [0.25, 0.3) is 0 Å². The van der Waals surface area contributed by atoms with Gasteiger partial charge in [0.1, 0.15) is 12.1 Å². The molecule has 2 aromatic rings. The molecule has 88 valence electrons. The van der Waals surface area contributed by atoms with Crippen LogP contribution in [0.5, 0.6) is 0 Å². The van der Waals surface area contributed by atoms with Crippen LogP contribution in [0.4, 0.5) is 18.9 Å². The zero-order chi connectivity index (χ0) is 12.4. The number of aromatic nitrogens is 3. The van der Waals surface area contributed by atoms with Crippen LogP contribution in [0.3, 0.4) is 0 Å². The highest BCUT2D eigenvalue weighted by molar-refractivity contribution is 6.01. The van der Waals surface area contributed by atoms with E-state index in [-0.39, 0.29) is 5.82 Å². The number of nitrogens with zero attached hydrogens (tertiary/aromatic N) is 2. The van der Waals surface area contributed by atoms with Gasteiger partial charge < -0.3 is 5.32 Å². The molecule has 0 atom stereocenters. The third kappa shape index (κ3) is 2.25. The summed E-state index contributed by atoms with van der Waals surface area (Å²) in [6.07, 6.45) is 1.07. The largest absolute Gasteiger partial charge is 0.317 e. The maximum absolute atomic E-state index is 13.2. The molecule has 0 saturated carbocycles. The van der Waals surface area contributed by atoms with Gasteiger partial charge in [0.05, 0.1) is 5.69 Å². The molecule has 8 heteroatoms. The monoisotopic (exact) mass is 242 g/mol. The maximum Gasteiger partial charge on any atom is 0.293 e. The van der Waals surface area contributed by atoms with Crippen molar-refractivity contribution in [1.82, 2.24) is 15.2 Å². The Kier molecular flexibility index (Phi) is 2.77. The number of halogens is 3. The van der Waals surface area contributed by atoms with Crippen molar-refractivity contribution in [2.24, 2.45) is 0 Å². The van der Waals surface area contributed by atoms with Crippen molar-refractivity contribution in [3.05, 3.63) is 41.7 Å². The Labute approximate surface area is 92.7 Å². The van der Waals surface area contributed by atoms with Gasteiger partial charge in [-0.15, -0.1) is 0 Å². The molecule has 0 fully saturated rings. The van der Waals surface area contributed by atoms with E-state index in [0.717, 1.165) is 6.33 Å². The summed E-state index contributed by atoms with van der Waals surface area (Å²) in [5.41, 5.74) is -0.607. The fourth-order valence-corrected chi connectivity index (χ4v) is 1.14. The zero-order valence-corrected chi connectivity index (χ0v) is 8.17. The summed E-state index contributed by atoms with van der Waals surface area (Å²) in [6, 6.07) is 1.03. The molecule has 2 N–H and O–H groups in total. The average molecular weight is 242 g/mol. The van der Waals surface area contributed by atoms with Crippen LogP contribution < -0.4 is 5.32 Å². The van der Waals surface area contributed by atoms with Crippen molar-refractivity contribution in [3.8, 4) is 0 Å². The minimum atomic E-state index is -1.39. The molecule has 1 heterocycles. The van der Waals surface area contributed by atoms with Gasteiger partial charge in [-0.3, -0.25) is 9.89 Å². The first kappa shape index (κ1) is 11.1. The van der Waals surface area contributed by atoms with E-state index in [9.17, 15) is 18.0 Å². The summed E-state index contributed by atoms with van der Waals surface area (Å²) in [7, 11) is 0. The number of carbonyl (C=O) groups is 1. The average Bonchev–Trinajstić information content (AvgIpc) is 2.78. The van der Waals surface area contributed by atoms with E-state index in [1.165, 1.54) is 0 Å². The number of aromatic amines is 1. The number of hydrogen-bond donors (Lipinski definition) is 2. The fourth-order valence-electron chi connectivity index (χ4n) is 1.14. The van der Waals surface area contributed by atoms with Crippen molar-refractivity contribution in [2.75, 3.05) is 5.32 Å². The lowest BCUT2D eigenvalue weighted by Crippen LogP contribution is -2.15. The lowest BCUT2D eigenvalue weighted by atomic mass is 10.2. The van der Waals surface area contributed by atoms with E-state index < -0.39 is 29.0 Å². The van der Waals surface area contributed by atoms with Crippen molar-refractivity contribution >= 4 is 11.6 Å². The minimum Gasteiger partial charge on any atom is -0.317 e. The molecule has 5 nitrogen and oxygen atoms in total. The Morgan fingerprint density at radius 1 is 1.29 bits per heavy atom. The Morgan fingerprint density at radius 3 is 2.71 bits per heavy atom. The van der Waals surface area contributed by atoms with Crippen molar-refractivity contribution < 1.29 is 18.0 Å². The number of hydrogen-bond acceptors (Lipinski definition) is 3. The summed E-state index contributed by atoms with van der Waals surface area (Å²) in [4.78, 5) is 14.9. The standard InChI is InChI=1S/C9H5F3N4O/c10-4-1-5(11)7(12)6(2-4)15-9(17)8-13-3-14-16-8/h1-3H,(H,15,17)(H,13,14,16). The molecule has 0 bridgehead atoms. The summed E-state index contributed by atoms with van der Waals surface area (Å²) in [6.45, 7) is 0. The second-order valence-corrected chi connectivity index (χ2v) is 3.04. The zero-order valence-electron chi connectivity index (χ0n) is 8.17. The van der Waals surface area contributed by atoms with Crippen molar-refractivity contribution in [2.45, 2.75) is 0 Å². The van der Waals surface area contributed by atoms with Gasteiger partial charge in [-0.2, -0.15) is 5.10 Å². The van der Waals surface area contributed by atoms with Crippen LogP contribution >= 0.6 is 0 Å². The molecule has 1 amide bonds. The Hall–Kier alpha value is -2.38. The van der Waals surface area contributed by atoms with E-state index in [1.54, 1.807) is 0 Å². The first-order chi connectivity index (χ1) is 8.08. The van der Waals surface area contributed by atoms with Gasteiger partial charge in [-0.05, 0) is 0 Å². The lowest BCUT2D eigenvalue weighted by molar-refractivity contribution is 0.101. The van der Waals surface area contributed by atoms with E-state index >= 15 is 0 Å². The predicted molar refractivity (Wildman–Crippen MR) is 50.7 cm³/mol. The number of benzene rings is 1. The summed E-state index contributed by atoms with van der Waals surface area (Å²) in [5, 5.41) is 7.59. The molecular weight excluding hydrogens is 237 g/mol. The minimum absolute atomic E-state index is 0.200. The molecule has 0 aliphatic heterocycles. The third-order valence-corrected chi connectivity index (χ3v) is 1.87. The fraction of sp³-hybridized carbons (Fsp3) is 0. The Morgan fingerprint density at radius 2 is 2.06 bits per heavy atom. The number of H-pyrrole nitrogens is 1. The third-order valence-electron chi connectivity index (χ3n) is 1.87. The quantitative estimate of drug-likeness (QED) is 0.783. The molecular formula is C9H5F3N4O. The highest BCUT2D eigenvalue weighted by Crippen LogP contribution is 2.19. The molecule has 0 unspecified atom stereocenters. The Bertz CT molecular complexity index is 556. The van der Waals surface area contributed by atoms with Crippen LogP contribution in [0, 0.1) is 17.5 Å². The molecule has 0 saturated heterocycles. The van der Waals surface area contributed by atoms with E-state index in [2.05, 4.69) is 15.2 Å². The van der Waals surface area contributed by atoms with Crippen LogP contribution in [-0.2, 0) is 0 Å². The van der Waals surface area contributed by atoms with Gasteiger partial charge >= 0.3 is 0 Å². The number of nitrogens with one attached hydrogen (secondary N) is 2. The van der Waals surface area contributed by atoms with Gasteiger partial charge in [0, 0.05) is 12.1 Å². The molecule has 2 rings (SSSR count). The van der Waals surface area contributed by atoms with Crippen molar-refractivity contribution in [1.29, 1.82) is 0 Å². The second-order valence-electron chi connectivity index (χ2n) is 3.04. The van der Waals surface area contributed by atoms with Crippen LogP contribution in [-0.4, -0.2) is 21.1 Å². The van der Waals surface area contributed by atoms with E-state index in [4.69, 9.17) is 0 Å². The van der Waals surface area contributed by atoms with Gasteiger partial charge in [0.25, 0.3) is 5.91 Å². The topological polar surface area (TPSA) is 70.7 Å². The summed E-state index contributed by atoms with van der Waals surface area (Å²) < 4.78 is 38.8. The Balaban J connectivity index is 2.28. The normalized spacial score (nSPS) is 10.3. The van der Waals surface area contributed by atoms with Gasteiger partial charge in [-0.1, -0.05) is 0 Å². The molecule has 1 aromatic heterocycles. The molecule has 0 aliphatic carbocycles. The predicted octanol–water partition coefficient (Wildman–Crippen LogP) is 1.47. The number of amides is 1. The summed E-state index contributed by atoms with van der Waals surface area (Å²) >= 11 is 0. The van der Waals surface area contributed by atoms with Gasteiger partial charge in [-0.25, -0.2) is 18.2 Å². The highest BCUT2D eigenvalue weighted by Gasteiger charge is 2.15. The maximum atomic E-state index is 13.2. The van der Waals surface area contributed by atoms with Gasteiger partial charge in [0.15, 0.2) is 11.6 Å². The van der Waals surface area contributed by atoms with E-state index in [0.29, 0.717) is 12.1 Å². The van der Waals surface area contributed by atoms with E-state index in [1.807, 2.05) is 5.32 Å². The van der Waals surface area contributed by atoms with Crippen LogP contribution in [0.15, 0.2) is 18.5 Å². The molecule has 1 aromatic carbocycles. The molecule has 17 heavy (non-hydrogen) atoms. The number of carbonyl (C=O) groups excluding carboxylic acids is 1. The molecule has 0 radical (unpaired) electrons. The van der Waals surface area contributed by atoms with Crippen LogP contribution in [0.2, 0.25) is 0 Å². The number of anilines is 1. The summed E-state index contributed by atoms with van der Waals surface area (Å²) in [5.74, 6) is -4.80. The smallest absolute Gasteiger partial charge is 0.293 e. The first-order valence-electron chi connectivity index (χ1n) is 4.39. The number of rotatable bonds is 2. The van der Waals surface area contributed by atoms with Crippen LogP contribution in [0.1, 0.15) is 10.6 Å². The molecule has 0 aliphatic rings. The first-order valence-corrected chi connectivity index (χ1v) is 4.39. The lowest BCUT2D eigenvalue weighted by Gasteiger charge is -2.05. The SMILES string of the molecule is O=C(Nc1cc(F)cc(F)c1F)c1ncn[nH]1. The molecule has 0 spiro atoms. The van der Waals surface area contributed by atoms with Crippen molar-refractivity contribution in [3.63, 3.8) is 0 Å². The highest BCUT2D eigenvalue weighted by atomic mass is 19.2. The van der Waals surface area contributed by atoms with Gasteiger partial charge in [0.2, 0.25) is 5.82 Å².